The van der Waals surface area contributed by atoms with Crippen LogP contribution in [-0.2, 0) is 39.9 Å². The minimum atomic E-state index is -1.37. The molecule has 4 unspecified atom stereocenters. The predicted octanol–water partition coefficient (Wildman–Crippen LogP) is 3.63. The third-order valence-electron chi connectivity index (χ3n) is 12.0. The molecular formula is C41H66FN5O8. The first-order valence-corrected chi connectivity index (χ1v) is 19.7. The molecule has 0 radical (unpaired) electrons. The van der Waals surface area contributed by atoms with E-state index in [2.05, 4.69) is 16.0 Å². The Morgan fingerprint density at radius 1 is 0.964 bits per heavy atom. The standard InChI is InChI=1S/C41H66FN5O8/c1-12-25(6)35(46(9)39(51)34(24(4)5)45-38(50)33(43-8)23(2)3)31(54-10)20-32(48)47-22-41(17-18-41)21-30(47)36(55-11)26(7)37(49)44-29(40(52)53)19-27-15-13-14-16-28(27)42/h13-16,23-26,29-31,33-36,43H,12,17-22H2,1-11H3,(H,44,49)(H,45,50)(H,52,53)/t25-,26+,29-,30-,31?,33?,34-,35?,36?/m0/s1. The average Bonchev–Trinajstić information content (AvgIpc) is 3.79. The second-order valence-electron chi connectivity index (χ2n) is 16.5. The van der Waals surface area contributed by atoms with Crippen molar-refractivity contribution in [3.05, 3.63) is 35.6 Å². The van der Waals surface area contributed by atoms with Gasteiger partial charge in [-0.1, -0.05) is 73.1 Å². The molecule has 310 valence electrons. The van der Waals surface area contributed by atoms with Gasteiger partial charge in [-0.2, -0.15) is 0 Å². The Labute approximate surface area is 326 Å². The fraction of sp³-hybridized carbons (Fsp3) is 0.732. The molecule has 2 fully saturated rings. The van der Waals surface area contributed by atoms with E-state index >= 15 is 0 Å². The Balaban J connectivity index is 1.83. The first-order chi connectivity index (χ1) is 25.9. The van der Waals surface area contributed by atoms with Gasteiger partial charge in [0.2, 0.25) is 23.6 Å². The molecule has 1 saturated heterocycles. The number of carbonyl (C=O) groups excluding carboxylic acids is 4. The van der Waals surface area contributed by atoms with Gasteiger partial charge in [0.25, 0.3) is 0 Å². The van der Waals surface area contributed by atoms with Crippen LogP contribution in [0.3, 0.4) is 0 Å². The van der Waals surface area contributed by atoms with Crippen LogP contribution in [-0.4, -0.2) is 122 Å². The SMILES string of the molecule is CC[C@H](C)C(C(CC(=O)N1CC2(CC2)C[C@H]1C(OC)[C@@H](C)C(=O)N[C@@H](Cc1ccccc1F)C(=O)O)OC)N(C)C(=O)[C@@H](NC(=O)C(NC)C(C)C)C(C)C. The highest BCUT2D eigenvalue weighted by Gasteiger charge is 2.56. The van der Waals surface area contributed by atoms with Crippen molar-refractivity contribution in [1.29, 1.82) is 0 Å². The Morgan fingerprint density at radius 3 is 2.07 bits per heavy atom. The van der Waals surface area contributed by atoms with E-state index in [0.717, 1.165) is 12.8 Å². The number of carboxylic acids is 1. The maximum Gasteiger partial charge on any atom is 0.326 e. The van der Waals surface area contributed by atoms with Gasteiger partial charge in [0, 0.05) is 34.2 Å². The summed E-state index contributed by atoms with van der Waals surface area (Å²) in [5.74, 6) is -4.28. The molecule has 0 bridgehead atoms. The molecule has 1 aliphatic heterocycles. The lowest BCUT2D eigenvalue weighted by atomic mass is 9.89. The van der Waals surface area contributed by atoms with Crippen LogP contribution >= 0.6 is 0 Å². The van der Waals surface area contributed by atoms with E-state index in [1.807, 2.05) is 41.5 Å². The number of methoxy groups -OCH3 is 2. The summed E-state index contributed by atoms with van der Waals surface area (Å²) in [7, 11) is 6.42. The molecule has 1 saturated carbocycles. The van der Waals surface area contributed by atoms with Crippen LogP contribution in [0.1, 0.15) is 86.1 Å². The average molecular weight is 776 g/mol. The van der Waals surface area contributed by atoms with Crippen LogP contribution in [0, 0.1) is 34.9 Å². The first kappa shape index (κ1) is 45.8. The van der Waals surface area contributed by atoms with E-state index in [9.17, 15) is 33.5 Å². The van der Waals surface area contributed by atoms with Gasteiger partial charge in [-0.15, -0.1) is 0 Å². The lowest BCUT2D eigenvalue weighted by molar-refractivity contribution is -0.148. The third-order valence-corrected chi connectivity index (χ3v) is 12.0. The summed E-state index contributed by atoms with van der Waals surface area (Å²) < 4.78 is 26.3. The highest BCUT2D eigenvalue weighted by Crippen LogP contribution is 2.56. The Kier molecular flexibility index (Phi) is 16.6. The Bertz CT molecular complexity index is 1490. The maximum absolute atomic E-state index is 14.4. The summed E-state index contributed by atoms with van der Waals surface area (Å²) >= 11 is 0. The Hall–Kier alpha value is -3.62. The van der Waals surface area contributed by atoms with Crippen LogP contribution in [0.4, 0.5) is 4.39 Å². The number of carbonyl (C=O) groups is 5. The zero-order valence-corrected chi connectivity index (χ0v) is 34.7. The van der Waals surface area contributed by atoms with Gasteiger partial charge in [0.1, 0.15) is 17.9 Å². The molecule has 3 rings (SSSR count). The molecule has 1 aromatic rings. The second kappa shape index (κ2) is 20.0. The summed E-state index contributed by atoms with van der Waals surface area (Å²) in [6, 6.07) is 2.21. The van der Waals surface area contributed by atoms with Crippen LogP contribution in [0.15, 0.2) is 24.3 Å². The van der Waals surface area contributed by atoms with E-state index in [-0.39, 0.29) is 59.3 Å². The van der Waals surface area contributed by atoms with Crippen molar-refractivity contribution in [3.63, 3.8) is 0 Å². The van der Waals surface area contributed by atoms with Crippen molar-refractivity contribution in [2.75, 3.05) is 34.9 Å². The largest absolute Gasteiger partial charge is 0.480 e. The number of aliphatic carboxylic acids is 1. The number of amides is 4. The summed E-state index contributed by atoms with van der Waals surface area (Å²) in [6.45, 7) is 13.8. The predicted molar refractivity (Wildman–Crippen MR) is 207 cm³/mol. The highest BCUT2D eigenvalue weighted by atomic mass is 19.1. The monoisotopic (exact) mass is 775 g/mol. The fourth-order valence-electron chi connectivity index (χ4n) is 8.20. The van der Waals surface area contributed by atoms with Gasteiger partial charge in [0.15, 0.2) is 0 Å². The molecule has 13 nitrogen and oxygen atoms in total. The molecule has 55 heavy (non-hydrogen) atoms. The zero-order chi connectivity index (χ0) is 41.4. The number of rotatable bonds is 21. The smallest absolute Gasteiger partial charge is 0.326 e. The van der Waals surface area contributed by atoms with Crippen molar-refractivity contribution in [3.8, 4) is 0 Å². The van der Waals surface area contributed by atoms with Crippen LogP contribution < -0.4 is 16.0 Å². The van der Waals surface area contributed by atoms with Crippen molar-refractivity contribution >= 4 is 29.6 Å². The topological polar surface area (TPSA) is 167 Å². The fourth-order valence-corrected chi connectivity index (χ4v) is 8.20. The van der Waals surface area contributed by atoms with E-state index in [0.29, 0.717) is 19.4 Å². The minimum Gasteiger partial charge on any atom is -0.480 e. The van der Waals surface area contributed by atoms with E-state index in [4.69, 9.17) is 9.47 Å². The molecule has 9 atom stereocenters. The maximum atomic E-state index is 14.4. The number of ether oxygens (including phenoxy) is 2. The second-order valence-corrected chi connectivity index (χ2v) is 16.5. The normalized spacial score (nSPS) is 20.6. The van der Waals surface area contributed by atoms with Gasteiger partial charge in [-0.25, -0.2) is 9.18 Å². The number of halogens is 1. The van der Waals surface area contributed by atoms with Gasteiger partial charge in [-0.05, 0) is 61.1 Å². The number of nitrogens with one attached hydrogen (secondary N) is 3. The highest BCUT2D eigenvalue weighted by molar-refractivity contribution is 5.90. The molecule has 1 heterocycles. The van der Waals surface area contributed by atoms with Gasteiger partial charge >= 0.3 is 5.97 Å². The number of likely N-dealkylation sites (tertiary alicyclic amines) is 1. The third kappa shape index (κ3) is 11.3. The van der Waals surface area contributed by atoms with Crippen LogP contribution in [0.25, 0.3) is 0 Å². The molecule has 1 aliphatic carbocycles. The molecule has 1 spiro atoms. The summed E-state index contributed by atoms with van der Waals surface area (Å²) in [4.78, 5) is 71.0. The van der Waals surface area contributed by atoms with Crippen LogP contribution in [0.5, 0.6) is 0 Å². The first-order valence-electron chi connectivity index (χ1n) is 19.7. The summed E-state index contributed by atoms with van der Waals surface area (Å²) in [5, 5.41) is 18.5. The number of hydrogen-bond acceptors (Lipinski definition) is 8. The number of nitrogens with zero attached hydrogens (tertiary/aromatic N) is 2. The molecule has 1 aromatic carbocycles. The van der Waals surface area contributed by atoms with Gasteiger partial charge in [-0.3, -0.25) is 19.2 Å². The Morgan fingerprint density at radius 2 is 1.58 bits per heavy atom. The molecule has 4 amide bonds. The zero-order valence-electron chi connectivity index (χ0n) is 34.7. The van der Waals surface area contributed by atoms with E-state index < -0.39 is 66.0 Å². The van der Waals surface area contributed by atoms with Gasteiger partial charge < -0.3 is 40.3 Å². The molecule has 0 aromatic heterocycles. The van der Waals surface area contributed by atoms with Crippen molar-refractivity contribution < 1.29 is 42.9 Å². The molecule has 4 N–H and O–H groups in total. The number of hydrogen-bond donors (Lipinski definition) is 4. The molecule has 14 heteroatoms. The molecule has 2 aliphatic rings. The van der Waals surface area contributed by atoms with Crippen molar-refractivity contribution in [2.24, 2.45) is 29.1 Å². The van der Waals surface area contributed by atoms with Gasteiger partial charge in [0.05, 0.1) is 42.7 Å². The molecular weight excluding hydrogens is 709 g/mol. The van der Waals surface area contributed by atoms with Crippen LogP contribution in [0.2, 0.25) is 0 Å². The summed E-state index contributed by atoms with van der Waals surface area (Å²) in [6.07, 6.45) is 1.47. The number of carboxylic acid groups (broad SMARTS) is 1. The van der Waals surface area contributed by atoms with E-state index in [1.54, 1.807) is 36.9 Å². The summed E-state index contributed by atoms with van der Waals surface area (Å²) in [5.41, 5.74) is 0.0833. The quantitative estimate of drug-likeness (QED) is 0.146. The van der Waals surface area contributed by atoms with Crippen molar-refractivity contribution in [2.45, 2.75) is 129 Å². The van der Waals surface area contributed by atoms with E-state index in [1.165, 1.54) is 32.4 Å². The number of likely N-dealkylation sites (N-methyl/N-ethyl adjacent to an activating group) is 2. The van der Waals surface area contributed by atoms with Crippen molar-refractivity contribution in [1.82, 2.24) is 25.8 Å². The number of benzene rings is 1. The lowest BCUT2D eigenvalue weighted by Crippen LogP contribution is -2.59. The minimum absolute atomic E-state index is 0.00824. The lowest BCUT2D eigenvalue weighted by Gasteiger charge is -2.41.